The first-order valence-corrected chi connectivity index (χ1v) is 10.2. The van der Waals surface area contributed by atoms with E-state index in [2.05, 4.69) is 107 Å². The van der Waals surface area contributed by atoms with E-state index >= 15 is 0 Å². The zero-order chi connectivity index (χ0) is 17.5. The zero-order valence-corrected chi connectivity index (χ0v) is 16.3. The third-order valence-corrected chi connectivity index (χ3v) is 6.39. The van der Waals surface area contributed by atoms with Gasteiger partial charge in [0, 0.05) is 24.6 Å². The second kappa shape index (κ2) is 6.39. The maximum absolute atomic E-state index is 3.48. The molecule has 0 saturated carbocycles. The fraction of sp³-hybridized carbons (Fsp3) is 0. The average molecular weight is 415 g/mol. The van der Waals surface area contributed by atoms with Gasteiger partial charge in [-0.15, -0.1) is 11.3 Å². The lowest BCUT2D eigenvalue weighted by atomic mass is 10.0. The highest BCUT2D eigenvalue weighted by atomic mass is 79.9. The van der Waals surface area contributed by atoms with E-state index in [1.165, 1.54) is 42.1 Å². The first-order chi connectivity index (χ1) is 12.8. The van der Waals surface area contributed by atoms with Crippen LogP contribution in [0.1, 0.15) is 11.1 Å². The fourth-order valence-electron chi connectivity index (χ4n) is 3.43. The molecule has 0 unspecified atom stereocenters. The molecular weight excluding hydrogens is 400 g/mol. The van der Waals surface area contributed by atoms with Crippen LogP contribution in [-0.2, 0) is 0 Å². The molecule has 0 aliphatic rings. The molecule has 0 N–H and O–H groups in total. The summed E-state index contributed by atoms with van der Waals surface area (Å²) in [4.78, 5) is 0. The van der Waals surface area contributed by atoms with Crippen LogP contribution in [0.15, 0.2) is 83.3 Å². The van der Waals surface area contributed by atoms with Gasteiger partial charge in [0.1, 0.15) is 0 Å². The molecule has 4 aromatic carbocycles. The summed E-state index contributed by atoms with van der Waals surface area (Å²) in [6, 6.07) is 28.3. The van der Waals surface area contributed by atoms with Crippen molar-refractivity contribution in [2.75, 3.05) is 0 Å². The Kier molecular flexibility index (Phi) is 3.88. The van der Waals surface area contributed by atoms with Gasteiger partial charge in [-0.1, -0.05) is 76.6 Å². The minimum Gasteiger partial charge on any atom is -0.135 e. The van der Waals surface area contributed by atoms with Crippen molar-refractivity contribution in [1.82, 2.24) is 0 Å². The average Bonchev–Trinajstić information content (AvgIpc) is 3.06. The van der Waals surface area contributed by atoms with Crippen molar-refractivity contribution in [3.8, 4) is 0 Å². The summed E-state index contributed by atoms with van der Waals surface area (Å²) >= 11 is 5.36. The maximum atomic E-state index is 3.48. The molecule has 0 bridgehead atoms. The molecule has 0 amide bonds. The van der Waals surface area contributed by atoms with E-state index in [1.54, 1.807) is 0 Å². The molecule has 0 aliphatic heterocycles. The van der Waals surface area contributed by atoms with Crippen LogP contribution in [0, 0.1) is 0 Å². The largest absolute Gasteiger partial charge is 0.135 e. The Morgan fingerprint density at radius 1 is 0.654 bits per heavy atom. The number of halogens is 1. The van der Waals surface area contributed by atoms with Gasteiger partial charge < -0.3 is 0 Å². The molecule has 5 rings (SSSR count). The van der Waals surface area contributed by atoms with Crippen LogP contribution in [-0.4, -0.2) is 0 Å². The second-order valence-corrected chi connectivity index (χ2v) is 8.40. The van der Waals surface area contributed by atoms with Gasteiger partial charge in [-0.3, -0.25) is 0 Å². The van der Waals surface area contributed by atoms with Gasteiger partial charge in [-0.2, -0.15) is 0 Å². The van der Waals surface area contributed by atoms with E-state index in [4.69, 9.17) is 0 Å². The Morgan fingerprint density at radius 2 is 1.38 bits per heavy atom. The predicted molar refractivity (Wildman–Crippen MR) is 120 cm³/mol. The minimum absolute atomic E-state index is 1.10. The molecule has 0 radical (unpaired) electrons. The van der Waals surface area contributed by atoms with E-state index in [0.717, 1.165) is 4.47 Å². The van der Waals surface area contributed by atoms with Crippen molar-refractivity contribution < 1.29 is 0 Å². The highest BCUT2D eigenvalue weighted by Crippen LogP contribution is 2.38. The number of fused-ring (bicyclic) bond motifs is 5. The Balaban J connectivity index is 1.68. The summed E-state index contributed by atoms with van der Waals surface area (Å²) in [5, 5.41) is 5.36. The van der Waals surface area contributed by atoms with E-state index in [1.807, 2.05) is 11.3 Å². The van der Waals surface area contributed by atoms with Gasteiger partial charge in [-0.25, -0.2) is 0 Å². The maximum Gasteiger partial charge on any atom is 0.0361 e. The van der Waals surface area contributed by atoms with Crippen molar-refractivity contribution in [2.24, 2.45) is 0 Å². The Labute approximate surface area is 164 Å². The Hall–Kier alpha value is -2.42. The lowest BCUT2D eigenvalue weighted by Gasteiger charge is -2.03. The number of hydrogen-bond donors (Lipinski definition) is 0. The number of thiophene rings is 1. The molecule has 1 aromatic heterocycles. The van der Waals surface area contributed by atoms with Gasteiger partial charge in [0.25, 0.3) is 0 Å². The van der Waals surface area contributed by atoms with E-state index in [-0.39, 0.29) is 0 Å². The predicted octanol–water partition coefficient (Wildman–Crippen LogP) is 8.14. The summed E-state index contributed by atoms with van der Waals surface area (Å²) in [5.41, 5.74) is 2.43. The SMILES string of the molecule is Brc1ccc(/C=C/c2ccc3ccc4sc5ccccc5c4c3c2)cc1. The van der Waals surface area contributed by atoms with E-state index < -0.39 is 0 Å². The number of hydrogen-bond acceptors (Lipinski definition) is 1. The van der Waals surface area contributed by atoms with Gasteiger partial charge in [0.15, 0.2) is 0 Å². The van der Waals surface area contributed by atoms with Crippen LogP contribution in [0.5, 0.6) is 0 Å². The molecule has 1 heterocycles. The van der Waals surface area contributed by atoms with Crippen molar-refractivity contribution in [3.05, 3.63) is 94.5 Å². The smallest absolute Gasteiger partial charge is 0.0361 e. The van der Waals surface area contributed by atoms with Gasteiger partial charge in [0.2, 0.25) is 0 Å². The normalized spacial score (nSPS) is 11.9. The van der Waals surface area contributed by atoms with Gasteiger partial charge in [-0.05, 0) is 52.2 Å². The third kappa shape index (κ3) is 2.76. The first-order valence-electron chi connectivity index (χ1n) is 8.56. The van der Waals surface area contributed by atoms with Crippen LogP contribution in [0.4, 0.5) is 0 Å². The fourth-order valence-corrected chi connectivity index (χ4v) is 4.82. The standard InChI is InChI=1S/C24H15BrS/c25-19-12-8-16(9-13-19)5-6-17-7-10-18-11-14-23-24(21(18)15-17)20-3-1-2-4-22(20)26-23/h1-15H/b6-5+. The Bertz CT molecular complexity index is 1280. The van der Waals surface area contributed by atoms with Crippen molar-refractivity contribution in [2.45, 2.75) is 0 Å². The molecule has 0 aliphatic carbocycles. The topological polar surface area (TPSA) is 0 Å². The summed E-state index contributed by atoms with van der Waals surface area (Å²) in [5.74, 6) is 0. The van der Waals surface area contributed by atoms with Crippen molar-refractivity contribution >= 4 is 70.4 Å². The lowest BCUT2D eigenvalue weighted by Crippen LogP contribution is -1.78. The van der Waals surface area contributed by atoms with Crippen LogP contribution in [0.2, 0.25) is 0 Å². The molecule has 0 spiro atoms. The summed E-state index contributed by atoms with van der Waals surface area (Å²) in [6.45, 7) is 0. The molecule has 0 saturated heterocycles. The van der Waals surface area contributed by atoms with Crippen molar-refractivity contribution in [1.29, 1.82) is 0 Å². The number of benzene rings is 4. The second-order valence-electron chi connectivity index (χ2n) is 6.40. The minimum atomic E-state index is 1.10. The molecule has 0 atom stereocenters. The molecule has 0 fully saturated rings. The lowest BCUT2D eigenvalue weighted by molar-refractivity contribution is 1.61. The summed E-state index contributed by atoms with van der Waals surface area (Å²) in [6.07, 6.45) is 4.36. The van der Waals surface area contributed by atoms with Crippen LogP contribution < -0.4 is 0 Å². The summed E-state index contributed by atoms with van der Waals surface area (Å²) < 4.78 is 3.81. The summed E-state index contributed by atoms with van der Waals surface area (Å²) in [7, 11) is 0. The van der Waals surface area contributed by atoms with E-state index in [9.17, 15) is 0 Å². The zero-order valence-electron chi connectivity index (χ0n) is 13.9. The van der Waals surface area contributed by atoms with Crippen molar-refractivity contribution in [3.63, 3.8) is 0 Å². The molecular formula is C24H15BrS. The van der Waals surface area contributed by atoms with Crippen LogP contribution >= 0.6 is 27.3 Å². The van der Waals surface area contributed by atoms with Gasteiger partial charge in [0.05, 0.1) is 0 Å². The highest BCUT2D eigenvalue weighted by Gasteiger charge is 2.08. The first kappa shape index (κ1) is 15.8. The van der Waals surface area contributed by atoms with E-state index in [0.29, 0.717) is 0 Å². The monoisotopic (exact) mass is 414 g/mol. The molecule has 5 aromatic rings. The Morgan fingerprint density at radius 3 is 2.27 bits per heavy atom. The molecule has 2 heteroatoms. The van der Waals surface area contributed by atoms with Crippen LogP contribution in [0.3, 0.4) is 0 Å². The third-order valence-electron chi connectivity index (χ3n) is 4.72. The molecule has 124 valence electrons. The van der Waals surface area contributed by atoms with Crippen LogP contribution in [0.25, 0.3) is 43.1 Å². The van der Waals surface area contributed by atoms with Gasteiger partial charge >= 0.3 is 0 Å². The quantitative estimate of drug-likeness (QED) is 0.255. The highest BCUT2D eigenvalue weighted by molar-refractivity contribution is 9.10. The molecule has 0 nitrogen and oxygen atoms in total. The number of rotatable bonds is 2. The molecule has 26 heavy (non-hydrogen) atoms.